The summed E-state index contributed by atoms with van der Waals surface area (Å²) >= 11 is 0. The maximum Gasteiger partial charge on any atom is 0.229 e. The fraction of sp³-hybridized carbons (Fsp3) is 0.462. The van der Waals surface area contributed by atoms with E-state index >= 15 is 0 Å². The number of amides is 1. The highest BCUT2D eigenvalue weighted by Gasteiger charge is 2.17. The third-order valence-corrected chi connectivity index (χ3v) is 3.67. The molecule has 1 aromatic rings. The lowest BCUT2D eigenvalue weighted by Crippen LogP contribution is -2.27. The number of sulfonamides is 1. The number of rotatable bonds is 5. The van der Waals surface area contributed by atoms with E-state index in [1.807, 2.05) is 0 Å². The van der Waals surface area contributed by atoms with Crippen LogP contribution in [0.15, 0.2) is 24.3 Å². The zero-order chi connectivity index (χ0) is 14.6. The standard InChI is InChI=1S/C13H19N3O3S.ClH/c1-20(18,19)16-11-6-4-10(5-7-11)15-13(17)9-12-3-2-8-14-12;/h4-7,12,14,16H,2-3,8-9H2,1H3,(H,15,17);1H. The summed E-state index contributed by atoms with van der Waals surface area (Å²) in [5, 5.41) is 6.07. The number of carbonyl (C=O) groups excluding carboxylic acids is 1. The van der Waals surface area contributed by atoms with Crippen molar-refractivity contribution in [2.75, 3.05) is 22.8 Å². The van der Waals surface area contributed by atoms with Crippen LogP contribution in [0.5, 0.6) is 0 Å². The van der Waals surface area contributed by atoms with Crippen molar-refractivity contribution in [2.24, 2.45) is 0 Å². The van der Waals surface area contributed by atoms with E-state index in [1.165, 1.54) is 0 Å². The van der Waals surface area contributed by atoms with Gasteiger partial charge in [-0.3, -0.25) is 9.52 Å². The van der Waals surface area contributed by atoms with E-state index in [0.29, 0.717) is 17.8 Å². The third-order valence-electron chi connectivity index (χ3n) is 3.07. The predicted molar refractivity (Wildman–Crippen MR) is 86.4 cm³/mol. The Kier molecular flexibility index (Phi) is 6.44. The number of halogens is 1. The lowest BCUT2D eigenvalue weighted by atomic mass is 10.1. The first-order valence-corrected chi connectivity index (χ1v) is 8.42. The third kappa shape index (κ3) is 6.33. The molecule has 0 aromatic heterocycles. The van der Waals surface area contributed by atoms with E-state index in [2.05, 4.69) is 15.4 Å². The molecule has 1 unspecified atom stereocenters. The lowest BCUT2D eigenvalue weighted by Gasteiger charge is -2.11. The van der Waals surface area contributed by atoms with Crippen LogP contribution >= 0.6 is 12.4 Å². The number of carbonyl (C=O) groups is 1. The summed E-state index contributed by atoms with van der Waals surface area (Å²) in [7, 11) is -3.27. The van der Waals surface area contributed by atoms with Crippen molar-refractivity contribution in [1.29, 1.82) is 0 Å². The number of nitrogens with one attached hydrogen (secondary N) is 3. The van der Waals surface area contributed by atoms with Crippen molar-refractivity contribution in [1.82, 2.24) is 5.32 Å². The molecule has 1 atom stereocenters. The highest BCUT2D eigenvalue weighted by atomic mass is 35.5. The first-order valence-electron chi connectivity index (χ1n) is 6.53. The summed E-state index contributed by atoms with van der Waals surface area (Å²) in [4.78, 5) is 11.8. The normalized spacial score (nSPS) is 17.9. The van der Waals surface area contributed by atoms with Gasteiger partial charge in [0.15, 0.2) is 0 Å². The van der Waals surface area contributed by atoms with Crippen molar-refractivity contribution in [3.63, 3.8) is 0 Å². The summed E-state index contributed by atoms with van der Waals surface area (Å²) in [6, 6.07) is 6.84. The molecule has 0 saturated carbocycles. The first kappa shape index (κ1) is 17.7. The van der Waals surface area contributed by atoms with Gasteiger partial charge in [-0.05, 0) is 43.7 Å². The van der Waals surface area contributed by atoms with E-state index < -0.39 is 10.0 Å². The molecule has 8 heteroatoms. The topological polar surface area (TPSA) is 87.3 Å². The van der Waals surface area contributed by atoms with Crippen LogP contribution in [0.3, 0.4) is 0 Å². The monoisotopic (exact) mass is 333 g/mol. The Labute approximate surface area is 131 Å². The first-order chi connectivity index (χ1) is 9.42. The molecule has 3 N–H and O–H groups in total. The number of hydrogen-bond acceptors (Lipinski definition) is 4. The Morgan fingerprint density at radius 2 is 1.90 bits per heavy atom. The molecule has 1 aromatic carbocycles. The van der Waals surface area contributed by atoms with Crippen molar-refractivity contribution < 1.29 is 13.2 Å². The van der Waals surface area contributed by atoms with Crippen molar-refractivity contribution in [3.8, 4) is 0 Å². The van der Waals surface area contributed by atoms with Gasteiger partial charge in [-0.25, -0.2) is 8.42 Å². The van der Waals surface area contributed by atoms with Crippen molar-refractivity contribution >= 4 is 39.7 Å². The fourth-order valence-electron chi connectivity index (χ4n) is 2.20. The number of hydrogen-bond donors (Lipinski definition) is 3. The molecule has 2 rings (SSSR count). The van der Waals surface area contributed by atoms with Crippen LogP contribution in [0.2, 0.25) is 0 Å². The van der Waals surface area contributed by atoms with Gasteiger partial charge in [0, 0.05) is 23.8 Å². The second-order valence-corrected chi connectivity index (χ2v) is 6.75. The molecular formula is C13H20ClN3O3S. The molecule has 0 bridgehead atoms. The Balaban J connectivity index is 0.00000220. The molecule has 21 heavy (non-hydrogen) atoms. The molecule has 0 radical (unpaired) electrons. The van der Waals surface area contributed by atoms with E-state index in [9.17, 15) is 13.2 Å². The van der Waals surface area contributed by atoms with Gasteiger partial charge in [0.25, 0.3) is 0 Å². The van der Waals surface area contributed by atoms with E-state index in [0.717, 1.165) is 25.6 Å². The molecule has 0 spiro atoms. The second kappa shape index (κ2) is 7.63. The summed E-state index contributed by atoms with van der Waals surface area (Å²) in [5.41, 5.74) is 1.13. The zero-order valence-electron chi connectivity index (χ0n) is 11.8. The van der Waals surface area contributed by atoms with Crippen LogP contribution < -0.4 is 15.4 Å². The molecule has 1 aliphatic rings. The minimum absolute atomic E-state index is 0. The van der Waals surface area contributed by atoms with Gasteiger partial charge in [0.1, 0.15) is 0 Å². The molecular weight excluding hydrogens is 314 g/mol. The Bertz CT molecular complexity index is 569. The Morgan fingerprint density at radius 1 is 1.29 bits per heavy atom. The van der Waals surface area contributed by atoms with Crippen LogP contribution in [0.25, 0.3) is 0 Å². The van der Waals surface area contributed by atoms with Gasteiger partial charge >= 0.3 is 0 Å². The SMILES string of the molecule is CS(=O)(=O)Nc1ccc(NC(=O)CC2CCCN2)cc1.Cl. The van der Waals surface area contributed by atoms with Gasteiger partial charge in [-0.2, -0.15) is 0 Å². The summed E-state index contributed by atoms with van der Waals surface area (Å²) in [5.74, 6) is -0.0341. The van der Waals surface area contributed by atoms with Gasteiger partial charge < -0.3 is 10.6 Å². The van der Waals surface area contributed by atoms with Crippen LogP contribution in [-0.2, 0) is 14.8 Å². The van der Waals surface area contributed by atoms with Gasteiger partial charge in [-0.15, -0.1) is 12.4 Å². The van der Waals surface area contributed by atoms with E-state index in [-0.39, 0.29) is 24.4 Å². The van der Waals surface area contributed by atoms with Gasteiger partial charge in [-0.1, -0.05) is 0 Å². The molecule has 118 valence electrons. The average Bonchev–Trinajstić information content (AvgIpc) is 2.82. The van der Waals surface area contributed by atoms with E-state index in [1.54, 1.807) is 24.3 Å². The number of anilines is 2. The smallest absolute Gasteiger partial charge is 0.229 e. The van der Waals surface area contributed by atoms with Crippen molar-refractivity contribution in [2.45, 2.75) is 25.3 Å². The summed E-state index contributed by atoms with van der Waals surface area (Å²) in [6.45, 7) is 0.976. The fourth-order valence-corrected chi connectivity index (χ4v) is 2.77. The highest BCUT2D eigenvalue weighted by Crippen LogP contribution is 2.16. The quantitative estimate of drug-likeness (QED) is 0.763. The van der Waals surface area contributed by atoms with Crippen LogP contribution in [0.1, 0.15) is 19.3 Å². The molecule has 1 saturated heterocycles. The highest BCUT2D eigenvalue weighted by molar-refractivity contribution is 7.92. The van der Waals surface area contributed by atoms with Gasteiger partial charge in [0.2, 0.25) is 15.9 Å². The summed E-state index contributed by atoms with van der Waals surface area (Å²) in [6.07, 6.45) is 3.70. The maximum atomic E-state index is 11.8. The van der Waals surface area contributed by atoms with Crippen LogP contribution in [0.4, 0.5) is 11.4 Å². The van der Waals surface area contributed by atoms with Crippen LogP contribution in [0, 0.1) is 0 Å². The largest absolute Gasteiger partial charge is 0.326 e. The molecule has 1 amide bonds. The molecule has 0 aliphatic carbocycles. The average molecular weight is 334 g/mol. The predicted octanol–water partition coefficient (Wildman–Crippen LogP) is 1.56. The zero-order valence-corrected chi connectivity index (χ0v) is 13.4. The number of benzene rings is 1. The molecule has 1 heterocycles. The Hall–Kier alpha value is -1.31. The maximum absolute atomic E-state index is 11.8. The molecule has 1 aliphatic heterocycles. The van der Waals surface area contributed by atoms with E-state index in [4.69, 9.17) is 0 Å². The van der Waals surface area contributed by atoms with Gasteiger partial charge in [0.05, 0.1) is 6.26 Å². The molecule has 1 fully saturated rings. The Morgan fingerprint density at radius 3 is 2.43 bits per heavy atom. The lowest BCUT2D eigenvalue weighted by molar-refractivity contribution is -0.116. The van der Waals surface area contributed by atoms with Crippen molar-refractivity contribution in [3.05, 3.63) is 24.3 Å². The van der Waals surface area contributed by atoms with Crippen LogP contribution in [-0.4, -0.2) is 33.2 Å². The molecule has 6 nitrogen and oxygen atoms in total. The second-order valence-electron chi connectivity index (χ2n) is 5.00. The minimum atomic E-state index is -3.27. The summed E-state index contributed by atoms with van der Waals surface area (Å²) < 4.78 is 24.5. The minimum Gasteiger partial charge on any atom is -0.326 e.